The molecular weight excluding hydrogens is 172 g/mol. The summed E-state index contributed by atoms with van der Waals surface area (Å²) < 4.78 is 5.06. The maximum atomic E-state index is 11.2. The van der Waals surface area contributed by atoms with Gasteiger partial charge in [-0.2, -0.15) is 0 Å². The van der Waals surface area contributed by atoms with Crippen molar-refractivity contribution in [2.45, 2.75) is 32.5 Å². The highest BCUT2D eigenvalue weighted by molar-refractivity contribution is 5.73. The van der Waals surface area contributed by atoms with Crippen molar-refractivity contribution in [2.24, 2.45) is 11.8 Å². The quantitative estimate of drug-likeness (QED) is 0.595. The van der Waals surface area contributed by atoms with Gasteiger partial charge in [0.15, 0.2) is 0 Å². The predicted molar refractivity (Wildman–Crippen MR) is 45.9 cm³/mol. The second kappa shape index (κ2) is 4.07. The lowest BCUT2D eigenvalue weighted by Gasteiger charge is -2.35. The van der Waals surface area contributed by atoms with Crippen molar-refractivity contribution in [3.63, 3.8) is 0 Å². The van der Waals surface area contributed by atoms with Crippen LogP contribution in [0.5, 0.6) is 0 Å². The lowest BCUT2D eigenvalue weighted by atomic mass is 9.85. The highest BCUT2D eigenvalue weighted by atomic mass is 16.5. The van der Waals surface area contributed by atoms with Gasteiger partial charge in [0, 0.05) is 18.9 Å². The fourth-order valence-electron chi connectivity index (χ4n) is 1.63. The third-order valence-corrected chi connectivity index (χ3v) is 2.69. The van der Waals surface area contributed by atoms with Crippen LogP contribution in [0.2, 0.25) is 0 Å². The van der Waals surface area contributed by atoms with Crippen molar-refractivity contribution in [3.05, 3.63) is 0 Å². The molecule has 4 nitrogen and oxygen atoms in total. The Morgan fingerprint density at radius 1 is 1.46 bits per heavy atom. The summed E-state index contributed by atoms with van der Waals surface area (Å²) in [5, 5.41) is 18.3. The topological polar surface area (TPSA) is 66.8 Å². The van der Waals surface area contributed by atoms with E-state index in [1.54, 1.807) is 6.92 Å². The molecule has 1 fully saturated rings. The molecule has 1 aliphatic rings. The number of cyclic esters (lactones) is 1. The maximum absolute atomic E-state index is 11.2. The number of ether oxygens (including phenoxy) is 1. The van der Waals surface area contributed by atoms with E-state index in [4.69, 9.17) is 9.84 Å². The number of hydrogen-bond donors (Lipinski definition) is 2. The molecule has 13 heavy (non-hydrogen) atoms. The SMILES string of the molecule is C[C@H]1[C@@H](O)[C@H](C)C(=O)O[C@@H]1CCO. The second-order valence-electron chi connectivity index (χ2n) is 3.63. The summed E-state index contributed by atoms with van der Waals surface area (Å²) in [4.78, 5) is 11.2. The highest BCUT2D eigenvalue weighted by Crippen LogP contribution is 2.27. The maximum Gasteiger partial charge on any atom is 0.311 e. The number of carbonyl (C=O) groups is 1. The van der Waals surface area contributed by atoms with Gasteiger partial charge in [0.25, 0.3) is 0 Å². The van der Waals surface area contributed by atoms with Gasteiger partial charge in [0.05, 0.1) is 12.0 Å². The Labute approximate surface area is 77.5 Å². The summed E-state index contributed by atoms with van der Waals surface area (Å²) >= 11 is 0. The Hall–Kier alpha value is -0.610. The molecule has 0 spiro atoms. The summed E-state index contributed by atoms with van der Waals surface area (Å²) in [5.74, 6) is -0.922. The molecule has 1 rings (SSSR count). The normalized spacial score (nSPS) is 40.2. The zero-order valence-corrected chi connectivity index (χ0v) is 7.93. The Kier molecular flexibility index (Phi) is 3.27. The smallest absolute Gasteiger partial charge is 0.311 e. The summed E-state index contributed by atoms with van der Waals surface area (Å²) in [6.07, 6.45) is -0.599. The molecule has 2 N–H and O–H groups in total. The largest absolute Gasteiger partial charge is 0.462 e. The van der Waals surface area contributed by atoms with Crippen LogP contribution in [0.15, 0.2) is 0 Å². The lowest BCUT2D eigenvalue weighted by Crippen LogP contribution is -2.46. The predicted octanol–water partition coefficient (Wildman–Crippen LogP) is -0.0727. The van der Waals surface area contributed by atoms with Gasteiger partial charge in [-0.15, -0.1) is 0 Å². The van der Waals surface area contributed by atoms with Crippen LogP contribution in [0.1, 0.15) is 20.3 Å². The minimum absolute atomic E-state index is 0.0244. The van der Waals surface area contributed by atoms with Crippen molar-refractivity contribution < 1.29 is 19.7 Å². The summed E-state index contributed by atoms with van der Waals surface area (Å²) in [7, 11) is 0. The zero-order chi connectivity index (χ0) is 10.0. The van der Waals surface area contributed by atoms with Crippen LogP contribution in [0.4, 0.5) is 0 Å². The summed E-state index contributed by atoms with van der Waals surface area (Å²) in [6, 6.07) is 0. The summed E-state index contributed by atoms with van der Waals surface area (Å²) in [5.41, 5.74) is 0. The highest BCUT2D eigenvalue weighted by Gasteiger charge is 2.39. The summed E-state index contributed by atoms with van der Waals surface area (Å²) in [6.45, 7) is 3.45. The Balaban J connectivity index is 2.64. The number of carbonyl (C=O) groups excluding carboxylic acids is 1. The molecule has 76 valence electrons. The molecular formula is C9H16O4. The molecule has 0 aromatic rings. The first-order valence-corrected chi connectivity index (χ1v) is 4.57. The first-order chi connectivity index (χ1) is 6.07. The minimum Gasteiger partial charge on any atom is -0.462 e. The number of hydrogen-bond acceptors (Lipinski definition) is 4. The van der Waals surface area contributed by atoms with Gasteiger partial charge in [-0.05, 0) is 6.92 Å². The Bertz CT molecular complexity index is 192. The van der Waals surface area contributed by atoms with Crippen molar-refractivity contribution in [2.75, 3.05) is 6.61 Å². The molecule has 0 amide bonds. The van der Waals surface area contributed by atoms with E-state index in [0.29, 0.717) is 6.42 Å². The number of aliphatic hydroxyl groups is 2. The van der Waals surface area contributed by atoms with Gasteiger partial charge in [0.2, 0.25) is 0 Å². The zero-order valence-electron chi connectivity index (χ0n) is 7.93. The van der Waals surface area contributed by atoms with Crippen LogP contribution >= 0.6 is 0 Å². The molecule has 0 radical (unpaired) electrons. The average Bonchev–Trinajstić information content (AvgIpc) is 2.11. The Morgan fingerprint density at radius 3 is 2.62 bits per heavy atom. The molecule has 0 unspecified atom stereocenters. The molecule has 0 saturated carbocycles. The second-order valence-corrected chi connectivity index (χ2v) is 3.63. The number of rotatable bonds is 2. The van der Waals surface area contributed by atoms with Gasteiger partial charge in [-0.1, -0.05) is 6.92 Å². The number of esters is 1. The number of aliphatic hydroxyl groups excluding tert-OH is 2. The van der Waals surface area contributed by atoms with E-state index < -0.39 is 12.0 Å². The molecule has 0 aromatic carbocycles. The third kappa shape index (κ3) is 2.00. The molecule has 0 bridgehead atoms. The van der Waals surface area contributed by atoms with Gasteiger partial charge < -0.3 is 14.9 Å². The van der Waals surface area contributed by atoms with Crippen LogP contribution in [0.25, 0.3) is 0 Å². The van der Waals surface area contributed by atoms with Gasteiger partial charge in [-0.25, -0.2) is 0 Å². The van der Waals surface area contributed by atoms with E-state index in [1.807, 2.05) is 6.92 Å². The Morgan fingerprint density at radius 2 is 2.08 bits per heavy atom. The first-order valence-electron chi connectivity index (χ1n) is 4.57. The van der Waals surface area contributed by atoms with Gasteiger partial charge in [0.1, 0.15) is 6.10 Å². The van der Waals surface area contributed by atoms with Crippen LogP contribution in [0.3, 0.4) is 0 Å². The fourth-order valence-corrected chi connectivity index (χ4v) is 1.63. The van der Waals surface area contributed by atoms with E-state index >= 15 is 0 Å². The van der Waals surface area contributed by atoms with E-state index in [1.165, 1.54) is 0 Å². The van der Waals surface area contributed by atoms with Crippen LogP contribution in [-0.4, -0.2) is 35.0 Å². The lowest BCUT2D eigenvalue weighted by molar-refractivity contribution is -0.178. The first kappa shape index (κ1) is 10.5. The van der Waals surface area contributed by atoms with Crippen LogP contribution in [0, 0.1) is 11.8 Å². The molecule has 4 heteroatoms. The minimum atomic E-state index is -0.655. The van der Waals surface area contributed by atoms with Crippen LogP contribution < -0.4 is 0 Å². The van der Waals surface area contributed by atoms with E-state index in [0.717, 1.165) is 0 Å². The van der Waals surface area contributed by atoms with E-state index in [9.17, 15) is 9.90 Å². The molecule has 0 aromatic heterocycles. The van der Waals surface area contributed by atoms with Crippen molar-refractivity contribution in [1.82, 2.24) is 0 Å². The molecule has 1 aliphatic heterocycles. The third-order valence-electron chi connectivity index (χ3n) is 2.69. The standard InChI is InChI=1S/C9H16O4/c1-5-7(3-4-10)13-9(12)6(2)8(5)11/h5-8,10-11H,3-4H2,1-2H3/t5-,6+,7-,8-/m1/s1. The van der Waals surface area contributed by atoms with Crippen molar-refractivity contribution in [1.29, 1.82) is 0 Å². The molecule has 1 saturated heterocycles. The van der Waals surface area contributed by atoms with Crippen LogP contribution in [-0.2, 0) is 9.53 Å². The van der Waals surface area contributed by atoms with E-state index in [2.05, 4.69) is 0 Å². The van der Waals surface area contributed by atoms with Gasteiger partial charge in [-0.3, -0.25) is 4.79 Å². The van der Waals surface area contributed by atoms with Crippen molar-refractivity contribution >= 4 is 5.97 Å². The fraction of sp³-hybridized carbons (Fsp3) is 0.889. The molecule has 4 atom stereocenters. The average molecular weight is 188 g/mol. The van der Waals surface area contributed by atoms with E-state index in [-0.39, 0.29) is 24.6 Å². The monoisotopic (exact) mass is 188 g/mol. The molecule has 0 aliphatic carbocycles. The van der Waals surface area contributed by atoms with Crippen molar-refractivity contribution in [3.8, 4) is 0 Å². The molecule has 1 heterocycles. The van der Waals surface area contributed by atoms with Gasteiger partial charge >= 0.3 is 5.97 Å².